The van der Waals surface area contributed by atoms with E-state index in [-0.39, 0.29) is 0 Å². The third-order valence-corrected chi connectivity index (χ3v) is 10.7. The fourth-order valence-corrected chi connectivity index (χ4v) is 6.96. The van der Waals surface area contributed by atoms with Gasteiger partial charge in [0.1, 0.15) is 0 Å². The van der Waals surface area contributed by atoms with Gasteiger partial charge in [0, 0.05) is 28.4 Å². The molecule has 19 heavy (non-hydrogen) atoms. The van der Waals surface area contributed by atoms with Crippen LogP contribution in [-0.2, 0) is 36.1 Å². The highest BCUT2D eigenvalue weighted by molar-refractivity contribution is 7.82. The highest BCUT2D eigenvalue weighted by Crippen LogP contribution is 2.82. The summed E-state index contributed by atoms with van der Waals surface area (Å²) in [6, 6.07) is 0. The number of phosphoric acid groups is 1. The van der Waals surface area contributed by atoms with Crippen LogP contribution < -0.4 is 0 Å². The number of phosphoric ester groups is 1. The van der Waals surface area contributed by atoms with Crippen LogP contribution in [0.3, 0.4) is 0 Å². The molecule has 1 unspecified atom stereocenters. The van der Waals surface area contributed by atoms with Crippen LogP contribution in [0, 0.1) is 0 Å². The molecule has 116 valence electrons. The Morgan fingerprint density at radius 1 is 0.895 bits per heavy atom. The van der Waals surface area contributed by atoms with E-state index in [9.17, 15) is 18.6 Å². The van der Waals surface area contributed by atoms with Gasteiger partial charge in [-0.05, 0) is 0 Å². The maximum atomic E-state index is 12.0. The maximum absolute atomic E-state index is 12.0. The topological polar surface area (TPSA) is 118 Å². The fourth-order valence-electron chi connectivity index (χ4n) is 0.775. The summed E-state index contributed by atoms with van der Waals surface area (Å²) >= 11 is 11.1. The molecule has 0 heterocycles. The molecule has 0 aliphatic heterocycles. The lowest BCUT2D eigenvalue weighted by molar-refractivity contribution is 0.200. The zero-order chi connectivity index (χ0) is 15.5. The van der Waals surface area contributed by atoms with Crippen molar-refractivity contribution in [2.75, 3.05) is 28.4 Å². The molecule has 0 amide bonds. The molecule has 0 aliphatic carbocycles. The molecule has 0 saturated heterocycles. The second-order valence-corrected chi connectivity index (χ2v) is 11.9. The van der Waals surface area contributed by atoms with Crippen molar-refractivity contribution in [2.45, 2.75) is 3.82 Å². The van der Waals surface area contributed by atoms with Crippen molar-refractivity contribution in [1.82, 2.24) is 0 Å². The lowest BCUT2D eigenvalue weighted by atomic mass is 11.8. The van der Waals surface area contributed by atoms with Gasteiger partial charge in [0.05, 0.1) is 0 Å². The molecule has 1 atom stereocenters. The standard InChI is InChI=1S/C5H13Cl2O9P3/c1-12-18(10,13-2)5(6,7)17(8,9)16-19(11,14-3)15-4/h1-4H3,(H,8,9). The number of halogens is 2. The molecule has 1 N–H and O–H groups in total. The Hall–Kier alpha value is 1.03. The van der Waals surface area contributed by atoms with Crippen LogP contribution >= 0.6 is 46.2 Å². The zero-order valence-corrected chi connectivity index (χ0v) is 14.5. The molecule has 0 aliphatic rings. The first-order valence-electron chi connectivity index (χ1n) is 4.30. The second-order valence-electron chi connectivity index (χ2n) is 2.79. The van der Waals surface area contributed by atoms with E-state index in [2.05, 4.69) is 22.4 Å². The maximum Gasteiger partial charge on any atom is 0.481 e. The van der Waals surface area contributed by atoms with Gasteiger partial charge in [-0.2, -0.15) is 0 Å². The van der Waals surface area contributed by atoms with Gasteiger partial charge in [0.15, 0.2) is 0 Å². The van der Waals surface area contributed by atoms with Crippen LogP contribution in [0.15, 0.2) is 0 Å². The Bertz CT molecular complexity index is 435. The van der Waals surface area contributed by atoms with Crippen molar-refractivity contribution in [3.05, 3.63) is 0 Å². The first-order chi connectivity index (χ1) is 8.45. The predicted octanol–water partition coefficient (Wildman–Crippen LogP) is 3.16. The summed E-state index contributed by atoms with van der Waals surface area (Å²) in [4.78, 5) is 9.64. The van der Waals surface area contributed by atoms with Gasteiger partial charge in [0.2, 0.25) is 0 Å². The molecule has 0 bridgehead atoms. The summed E-state index contributed by atoms with van der Waals surface area (Å²) in [5.74, 6) is 0. The minimum absolute atomic E-state index is 0.885. The van der Waals surface area contributed by atoms with Crippen LogP contribution in [0.4, 0.5) is 0 Å². The van der Waals surface area contributed by atoms with E-state index >= 15 is 0 Å². The molecule has 0 aromatic rings. The van der Waals surface area contributed by atoms with Crippen LogP contribution in [0.25, 0.3) is 0 Å². The Labute approximate surface area is 120 Å². The molecule has 9 nitrogen and oxygen atoms in total. The van der Waals surface area contributed by atoms with Gasteiger partial charge in [-0.15, -0.1) is 0 Å². The van der Waals surface area contributed by atoms with Gasteiger partial charge < -0.3 is 13.9 Å². The zero-order valence-electron chi connectivity index (χ0n) is 10.3. The average molecular weight is 381 g/mol. The molecule has 0 aromatic carbocycles. The van der Waals surface area contributed by atoms with Crippen molar-refractivity contribution in [1.29, 1.82) is 0 Å². The summed E-state index contributed by atoms with van der Waals surface area (Å²) in [5, 5.41) is 0. The number of alkyl halides is 2. The lowest BCUT2D eigenvalue weighted by Gasteiger charge is -2.30. The van der Waals surface area contributed by atoms with Gasteiger partial charge in [-0.1, -0.05) is 23.2 Å². The highest BCUT2D eigenvalue weighted by atomic mass is 35.5. The minimum Gasteiger partial charge on any atom is -0.321 e. The quantitative estimate of drug-likeness (QED) is 0.500. The monoisotopic (exact) mass is 380 g/mol. The van der Waals surface area contributed by atoms with Crippen molar-refractivity contribution < 1.29 is 41.0 Å². The third-order valence-electron chi connectivity index (χ3n) is 1.81. The first kappa shape index (κ1) is 20.0. The van der Waals surface area contributed by atoms with Gasteiger partial charge in [-0.3, -0.25) is 18.2 Å². The Kier molecular flexibility index (Phi) is 7.23. The van der Waals surface area contributed by atoms with Gasteiger partial charge >= 0.3 is 26.8 Å². The Morgan fingerprint density at radius 2 is 1.26 bits per heavy atom. The van der Waals surface area contributed by atoms with Crippen molar-refractivity contribution in [2.24, 2.45) is 0 Å². The summed E-state index contributed by atoms with van der Waals surface area (Å²) in [6.07, 6.45) is 0. The van der Waals surface area contributed by atoms with Crippen LogP contribution in [0.1, 0.15) is 0 Å². The fraction of sp³-hybridized carbons (Fsp3) is 1.00. The number of hydrogen-bond acceptors (Lipinski definition) is 8. The Balaban J connectivity index is 5.60. The molecule has 0 saturated carbocycles. The van der Waals surface area contributed by atoms with E-state index in [0.29, 0.717) is 0 Å². The van der Waals surface area contributed by atoms with Gasteiger partial charge in [0.25, 0.3) is 0 Å². The average Bonchev–Trinajstić information content (AvgIpc) is 2.36. The number of rotatable bonds is 8. The molecule has 0 aromatic heterocycles. The second kappa shape index (κ2) is 6.86. The van der Waals surface area contributed by atoms with E-state index < -0.39 is 26.8 Å². The molecular weight excluding hydrogens is 368 g/mol. The summed E-state index contributed by atoms with van der Waals surface area (Å²) in [5.41, 5.74) is 0. The largest absolute Gasteiger partial charge is 0.481 e. The van der Waals surface area contributed by atoms with Crippen LogP contribution in [-0.4, -0.2) is 37.1 Å². The van der Waals surface area contributed by atoms with Crippen molar-refractivity contribution in [3.8, 4) is 0 Å². The minimum atomic E-state index is -5.20. The van der Waals surface area contributed by atoms with Crippen LogP contribution in [0.2, 0.25) is 0 Å². The van der Waals surface area contributed by atoms with E-state index in [4.69, 9.17) is 23.2 Å². The predicted molar refractivity (Wildman–Crippen MR) is 68.6 cm³/mol. The third kappa shape index (κ3) is 4.02. The lowest BCUT2D eigenvalue weighted by Crippen LogP contribution is -2.18. The summed E-state index contributed by atoms with van der Waals surface area (Å²) in [7, 11) is -10.5. The smallest absolute Gasteiger partial charge is 0.321 e. The van der Waals surface area contributed by atoms with E-state index in [1.54, 1.807) is 0 Å². The first-order valence-corrected chi connectivity index (χ1v) is 9.64. The molecule has 0 radical (unpaired) electrons. The molecular formula is C5H13Cl2O9P3. The molecule has 14 heteroatoms. The van der Waals surface area contributed by atoms with Gasteiger partial charge in [-0.25, -0.2) is 8.88 Å². The normalized spacial score (nSPS) is 17.2. The van der Waals surface area contributed by atoms with Crippen molar-refractivity contribution >= 4 is 46.2 Å². The molecule has 0 fully saturated rings. The summed E-state index contributed by atoms with van der Waals surface area (Å²) < 4.78 is 54.2. The Morgan fingerprint density at radius 3 is 1.53 bits per heavy atom. The SMILES string of the molecule is COP(=O)(OC)OP(=O)(O)C(Cl)(Cl)P(=O)(OC)OC. The highest BCUT2D eigenvalue weighted by Gasteiger charge is 2.64. The van der Waals surface area contributed by atoms with Crippen molar-refractivity contribution in [3.63, 3.8) is 0 Å². The van der Waals surface area contributed by atoms with Crippen LogP contribution in [0.5, 0.6) is 0 Å². The molecule has 0 rings (SSSR count). The van der Waals surface area contributed by atoms with E-state index in [1.807, 2.05) is 0 Å². The van der Waals surface area contributed by atoms with E-state index in [1.165, 1.54) is 0 Å². The molecule has 0 spiro atoms. The van der Waals surface area contributed by atoms with E-state index in [0.717, 1.165) is 28.4 Å². The summed E-state index contributed by atoms with van der Waals surface area (Å²) in [6.45, 7) is 0. The number of hydrogen-bond donors (Lipinski definition) is 1.